The lowest BCUT2D eigenvalue weighted by Crippen LogP contribution is -2.48. The van der Waals surface area contributed by atoms with Gasteiger partial charge in [0.15, 0.2) is 0 Å². The molecule has 0 spiro atoms. The third-order valence-corrected chi connectivity index (χ3v) is 7.88. The molecular formula is C31H34N6. The Morgan fingerprint density at radius 1 is 1.00 bits per heavy atom. The lowest BCUT2D eigenvalue weighted by atomic mass is 9.78. The summed E-state index contributed by atoms with van der Waals surface area (Å²) in [5.74, 6) is 1.86. The molecule has 4 aromatic rings. The molecule has 37 heavy (non-hydrogen) atoms. The molecule has 188 valence electrons. The van der Waals surface area contributed by atoms with Crippen LogP contribution in [0.2, 0.25) is 0 Å². The Kier molecular flexibility index (Phi) is 6.13. The van der Waals surface area contributed by atoms with Crippen LogP contribution in [0.3, 0.4) is 0 Å². The minimum absolute atomic E-state index is 0.370. The van der Waals surface area contributed by atoms with Crippen molar-refractivity contribution < 1.29 is 0 Å². The van der Waals surface area contributed by atoms with Crippen LogP contribution in [0, 0.1) is 0 Å². The Hall–Kier alpha value is -3.77. The number of nitrogens with two attached hydrogens (primary N) is 1. The molecule has 0 radical (unpaired) electrons. The van der Waals surface area contributed by atoms with Crippen molar-refractivity contribution in [2.45, 2.75) is 57.0 Å². The van der Waals surface area contributed by atoms with Crippen molar-refractivity contribution in [1.29, 1.82) is 0 Å². The highest BCUT2D eigenvalue weighted by Gasteiger charge is 2.37. The molecule has 0 saturated heterocycles. The summed E-state index contributed by atoms with van der Waals surface area (Å²) in [5, 5.41) is 4.90. The van der Waals surface area contributed by atoms with Crippen molar-refractivity contribution >= 4 is 22.4 Å². The van der Waals surface area contributed by atoms with Gasteiger partial charge in [0.05, 0.1) is 11.2 Å². The zero-order chi connectivity index (χ0) is 25.5. The first kappa shape index (κ1) is 23.6. The van der Waals surface area contributed by atoms with Gasteiger partial charge in [-0.25, -0.2) is 9.97 Å². The Balaban J connectivity index is 1.41. The van der Waals surface area contributed by atoms with E-state index in [4.69, 9.17) is 15.7 Å². The first-order valence-electron chi connectivity index (χ1n) is 13.3. The van der Waals surface area contributed by atoms with E-state index in [1.165, 1.54) is 19.3 Å². The molecule has 3 N–H and O–H groups in total. The number of hydrogen-bond acceptors (Lipinski definition) is 4. The monoisotopic (exact) mass is 490 g/mol. The zero-order valence-corrected chi connectivity index (χ0v) is 21.6. The van der Waals surface area contributed by atoms with Crippen LogP contribution in [0.4, 0.5) is 0 Å². The molecule has 2 fully saturated rings. The lowest BCUT2D eigenvalue weighted by Gasteiger charge is -2.40. The number of rotatable bonds is 7. The van der Waals surface area contributed by atoms with Crippen LogP contribution >= 0.6 is 0 Å². The van der Waals surface area contributed by atoms with Gasteiger partial charge in [0.25, 0.3) is 0 Å². The van der Waals surface area contributed by atoms with Crippen LogP contribution in [-0.4, -0.2) is 39.5 Å². The molecule has 0 bridgehead atoms. The second-order valence-corrected chi connectivity index (χ2v) is 10.5. The van der Waals surface area contributed by atoms with Crippen LogP contribution < -0.4 is 11.1 Å². The molecule has 6 rings (SSSR count). The summed E-state index contributed by atoms with van der Waals surface area (Å²) in [7, 11) is 1.73. The first-order valence-corrected chi connectivity index (χ1v) is 13.3. The summed E-state index contributed by atoms with van der Waals surface area (Å²) < 4.78 is 2.12. The Morgan fingerprint density at radius 2 is 1.76 bits per heavy atom. The van der Waals surface area contributed by atoms with Gasteiger partial charge in [0.1, 0.15) is 23.0 Å². The van der Waals surface area contributed by atoms with E-state index in [0.717, 1.165) is 63.5 Å². The Bertz CT molecular complexity index is 1490. The summed E-state index contributed by atoms with van der Waals surface area (Å²) in [6.45, 7) is 6.29. The highest BCUT2D eigenvalue weighted by molar-refractivity contribution is 6.03. The minimum atomic E-state index is 0.370. The molecule has 6 heteroatoms. The summed E-state index contributed by atoms with van der Waals surface area (Å²) in [6, 6.07) is 22.1. The molecule has 0 atom stereocenters. The summed E-state index contributed by atoms with van der Waals surface area (Å²) in [4.78, 5) is 14.6. The fourth-order valence-corrected chi connectivity index (χ4v) is 5.55. The van der Waals surface area contributed by atoms with E-state index >= 15 is 0 Å². The molecule has 2 aromatic heterocycles. The van der Waals surface area contributed by atoms with E-state index < -0.39 is 0 Å². The maximum Gasteiger partial charge on any atom is 0.145 e. The quantitative estimate of drug-likeness (QED) is 0.247. The highest BCUT2D eigenvalue weighted by atomic mass is 15.1. The number of amidine groups is 1. The summed E-state index contributed by atoms with van der Waals surface area (Å²) in [5.41, 5.74) is 13.0. The van der Waals surface area contributed by atoms with Crippen LogP contribution in [0.25, 0.3) is 39.1 Å². The fourth-order valence-electron chi connectivity index (χ4n) is 5.55. The number of benzene rings is 2. The van der Waals surface area contributed by atoms with E-state index in [9.17, 15) is 0 Å². The van der Waals surface area contributed by atoms with Gasteiger partial charge >= 0.3 is 0 Å². The average Bonchev–Trinajstić information content (AvgIpc) is 3.26. The molecule has 2 saturated carbocycles. The van der Waals surface area contributed by atoms with Crippen molar-refractivity contribution in [2.75, 3.05) is 7.05 Å². The molecule has 0 aliphatic heterocycles. The number of nitrogens with zero attached hydrogens (tertiary/aromatic N) is 4. The molecule has 2 aliphatic carbocycles. The number of pyridine rings is 1. The van der Waals surface area contributed by atoms with Gasteiger partial charge in [0, 0.05) is 47.3 Å². The van der Waals surface area contributed by atoms with Gasteiger partial charge in [0.2, 0.25) is 0 Å². The fraction of sp³-hybridized carbons (Fsp3) is 0.323. The van der Waals surface area contributed by atoms with Crippen molar-refractivity contribution in [3.63, 3.8) is 0 Å². The first-order chi connectivity index (χ1) is 18.0. The third-order valence-electron chi connectivity index (χ3n) is 7.88. The van der Waals surface area contributed by atoms with Gasteiger partial charge < -0.3 is 11.1 Å². The van der Waals surface area contributed by atoms with Crippen molar-refractivity contribution in [1.82, 2.24) is 19.9 Å². The van der Waals surface area contributed by atoms with Crippen LogP contribution in [-0.2, 0) is 0 Å². The van der Waals surface area contributed by atoms with Crippen LogP contribution in [0.15, 0.2) is 72.2 Å². The average molecular weight is 491 g/mol. The SMILES string of the molecule is C=C(C)n1c(C2CC(NC3CCC3)C2)nc(-c2ccc3ccc(-c4ccccc4)nc3c2)c1C(N)=NC. The van der Waals surface area contributed by atoms with E-state index in [1.54, 1.807) is 7.05 Å². The lowest BCUT2D eigenvalue weighted by molar-refractivity contribution is 0.215. The van der Waals surface area contributed by atoms with Gasteiger partial charge in [-0.3, -0.25) is 9.56 Å². The van der Waals surface area contributed by atoms with Crippen molar-refractivity contribution in [2.24, 2.45) is 10.7 Å². The standard InChI is InChI=1S/C31H34N6/c1-19(2)37-29(30(32)33-3)28(36-31(37)23-16-25(17-23)34-24-10-7-11-24)22-13-12-21-14-15-26(35-27(21)18-22)20-8-5-4-6-9-20/h4-6,8-9,12-15,18,23-25,34H,1,7,10-11,16-17H2,2-3H3,(H2,32,33). The minimum Gasteiger partial charge on any atom is -0.382 e. The highest BCUT2D eigenvalue weighted by Crippen LogP contribution is 2.41. The molecule has 0 amide bonds. The van der Waals surface area contributed by atoms with Gasteiger partial charge in [-0.05, 0) is 44.7 Å². The van der Waals surface area contributed by atoms with E-state index in [-0.39, 0.29) is 0 Å². The second kappa shape index (κ2) is 9.60. The Morgan fingerprint density at radius 3 is 2.43 bits per heavy atom. The van der Waals surface area contributed by atoms with E-state index in [2.05, 4.69) is 63.9 Å². The number of allylic oxidation sites excluding steroid dienone is 1. The number of fused-ring (bicyclic) bond motifs is 1. The number of aliphatic imine (C=N–C) groups is 1. The third kappa shape index (κ3) is 4.36. The van der Waals surface area contributed by atoms with E-state index in [0.29, 0.717) is 23.8 Å². The topological polar surface area (TPSA) is 81.1 Å². The summed E-state index contributed by atoms with van der Waals surface area (Å²) in [6.07, 6.45) is 6.14. The second-order valence-electron chi connectivity index (χ2n) is 10.5. The molecule has 2 aromatic carbocycles. The summed E-state index contributed by atoms with van der Waals surface area (Å²) >= 11 is 0. The smallest absolute Gasteiger partial charge is 0.145 e. The predicted octanol–water partition coefficient (Wildman–Crippen LogP) is 5.98. The maximum atomic E-state index is 6.50. The number of nitrogens with one attached hydrogen (secondary N) is 1. The van der Waals surface area contributed by atoms with Crippen LogP contribution in [0.1, 0.15) is 56.5 Å². The number of hydrogen-bond donors (Lipinski definition) is 2. The van der Waals surface area contributed by atoms with Gasteiger partial charge in [-0.15, -0.1) is 0 Å². The molecule has 2 heterocycles. The largest absolute Gasteiger partial charge is 0.382 e. The van der Waals surface area contributed by atoms with Gasteiger partial charge in [-0.2, -0.15) is 0 Å². The van der Waals surface area contributed by atoms with Crippen molar-refractivity contribution in [3.8, 4) is 22.5 Å². The van der Waals surface area contributed by atoms with E-state index in [1.807, 2.05) is 25.1 Å². The van der Waals surface area contributed by atoms with Crippen LogP contribution in [0.5, 0.6) is 0 Å². The predicted molar refractivity (Wildman–Crippen MR) is 153 cm³/mol. The molecule has 6 nitrogen and oxygen atoms in total. The maximum absolute atomic E-state index is 6.50. The molecular weight excluding hydrogens is 456 g/mol. The van der Waals surface area contributed by atoms with Crippen molar-refractivity contribution in [3.05, 3.63) is 78.8 Å². The Labute approximate surface area is 218 Å². The molecule has 0 unspecified atom stereocenters. The molecule has 2 aliphatic rings. The number of imidazole rings is 1. The normalized spacial score (nSPS) is 20.0. The number of aromatic nitrogens is 3. The van der Waals surface area contributed by atoms with Gasteiger partial charge in [-0.1, -0.05) is 61.5 Å². The zero-order valence-electron chi connectivity index (χ0n) is 21.6.